The Morgan fingerprint density at radius 2 is 1.61 bits per heavy atom. The molecule has 2 aromatic carbocycles. The molecule has 3 aliphatic carbocycles. The van der Waals surface area contributed by atoms with Crippen molar-refractivity contribution < 1.29 is 24.2 Å². The minimum atomic E-state index is -0.946. The van der Waals surface area contributed by atoms with Crippen molar-refractivity contribution >= 4 is 18.0 Å². The number of carboxylic acid groups (broad SMARTS) is 1. The molecule has 172 valence electrons. The fourth-order valence-electron chi connectivity index (χ4n) is 5.23. The number of nitrogens with one attached hydrogen (secondary N) is 2. The van der Waals surface area contributed by atoms with Gasteiger partial charge in [-0.15, -0.1) is 0 Å². The van der Waals surface area contributed by atoms with E-state index in [1.807, 2.05) is 24.3 Å². The maximum absolute atomic E-state index is 12.9. The lowest BCUT2D eigenvalue weighted by atomic mass is 9.85. The second-order valence-corrected chi connectivity index (χ2v) is 9.40. The van der Waals surface area contributed by atoms with Crippen molar-refractivity contribution in [3.63, 3.8) is 0 Å². The summed E-state index contributed by atoms with van der Waals surface area (Å²) in [6, 6.07) is 16.1. The van der Waals surface area contributed by atoms with Crippen LogP contribution in [0.3, 0.4) is 0 Å². The van der Waals surface area contributed by atoms with Crippen LogP contribution >= 0.6 is 0 Å². The van der Waals surface area contributed by atoms with Gasteiger partial charge in [0.1, 0.15) is 12.1 Å². The number of alkyl carbamates (subject to hydrolysis) is 1. The van der Waals surface area contributed by atoms with Gasteiger partial charge in [0.25, 0.3) is 0 Å². The van der Waals surface area contributed by atoms with Gasteiger partial charge < -0.3 is 20.5 Å². The van der Waals surface area contributed by atoms with Crippen LogP contribution < -0.4 is 10.6 Å². The lowest BCUT2D eigenvalue weighted by molar-refractivity contribution is -0.143. The molecular weight excluding hydrogens is 420 g/mol. The molecule has 0 spiro atoms. The van der Waals surface area contributed by atoms with E-state index in [2.05, 4.69) is 34.9 Å². The van der Waals surface area contributed by atoms with Crippen LogP contribution in [0.4, 0.5) is 4.79 Å². The van der Waals surface area contributed by atoms with Gasteiger partial charge in [0.2, 0.25) is 5.91 Å². The van der Waals surface area contributed by atoms with Crippen LogP contribution in [0.5, 0.6) is 0 Å². The number of hydrogen-bond acceptors (Lipinski definition) is 4. The Hall–Kier alpha value is -3.35. The summed E-state index contributed by atoms with van der Waals surface area (Å²) in [6.07, 6.45) is 3.12. The predicted molar refractivity (Wildman–Crippen MR) is 122 cm³/mol. The molecule has 2 saturated carbocycles. The van der Waals surface area contributed by atoms with Gasteiger partial charge in [0, 0.05) is 12.0 Å². The molecule has 7 heteroatoms. The van der Waals surface area contributed by atoms with Gasteiger partial charge >= 0.3 is 12.1 Å². The number of carbonyl (C=O) groups is 3. The summed E-state index contributed by atoms with van der Waals surface area (Å²) in [5, 5.41) is 15.0. The molecule has 33 heavy (non-hydrogen) atoms. The molecule has 3 aliphatic rings. The molecule has 0 aliphatic heterocycles. The minimum absolute atomic E-state index is 0.0395. The number of rotatable bonds is 6. The van der Waals surface area contributed by atoms with Crippen molar-refractivity contribution in [3.05, 3.63) is 59.7 Å². The number of aliphatic carboxylic acids is 1. The fourth-order valence-corrected chi connectivity index (χ4v) is 5.23. The normalized spacial score (nSPS) is 22.5. The smallest absolute Gasteiger partial charge is 0.408 e. The van der Waals surface area contributed by atoms with Gasteiger partial charge in [0.15, 0.2) is 0 Å². The van der Waals surface area contributed by atoms with Crippen molar-refractivity contribution in [1.82, 2.24) is 10.6 Å². The lowest BCUT2D eigenvalue weighted by Crippen LogP contribution is -2.52. The Bertz CT molecular complexity index is 1050. The number of carboxylic acids is 1. The molecule has 5 rings (SSSR count). The summed E-state index contributed by atoms with van der Waals surface area (Å²) in [4.78, 5) is 36.8. The molecule has 0 aromatic heterocycles. The second-order valence-electron chi connectivity index (χ2n) is 9.40. The maximum Gasteiger partial charge on any atom is 0.408 e. The van der Waals surface area contributed by atoms with E-state index in [0.717, 1.165) is 35.1 Å². The zero-order valence-electron chi connectivity index (χ0n) is 18.4. The molecule has 2 atom stereocenters. The van der Waals surface area contributed by atoms with Crippen LogP contribution in [-0.4, -0.2) is 41.3 Å². The highest BCUT2D eigenvalue weighted by Gasteiger charge is 2.52. The Kier molecular flexibility index (Phi) is 5.56. The Morgan fingerprint density at radius 1 is 0.970 bits per heavy atom. The standard InChI is InChI=1S/C26H28N2O5/c29-23(30)16-6-5-7-17(14-16)27-24(31)26(12-13-26)28-25(32)33-15-22-20-10-3-1-8-18(20)19-9-2-4-11-21(19)22/h1-4,8-11,16-17,22H,5-7,12-15H2,(H,27,31)(H,28,32)(H,29,30). The topological polar surface area (TPSA) is 105 Å². The summed E-state index contributed by atoms with van der Waals surface area (Å²) in [7, 11) is 0. The van der Waals surface area contributed by atoms with Crippen molar-refractivity contribution in [3.8, 4) is 11.1 Å². The van der Waals surface area contributed by atoms with Gasteiger partial charge in [-0.3, -0.25) is 9.59 Å². The van der Waals surface area contributed by atoms with Crippen LogP contribution in [0.25, 0.3) is 11.1 Å². The molecule has 0 heterocycles. The van der Waals surface area contributed by atoms with Gasteiger partial charge in [-0.05, 0) is 54.4 Å². The number of amides is 2. The zero-order valence-corrected chi connectivity index (χ0v) is 18.4. The summed E-state index contributed by atoms with van der Waals surface area (Å²) in [5.41, 5.74) is 3.64. The average molecular weight is 449 g/mol. The van der Waals surface area contributed by atoms with E-state index in [1.165, 1.54) is 0 Å². The van der Waals surface area contributed by atoms with Crippen LogP contribution in [0.2, 0.25) is 0 Å². The lowest BCUT2D eigenvalue weighted by Gasteiger charge is -2.29. The van der Waals surface area contributed by atoms with Gasteiger partial charge in [-0.25, -0.2) is 4.79 Å². The molecule has 2 aromatic rings. The second kappa shape index (κ2) is 8.54. The average Bonchev–Trinajstić information content (AvgIpc) is 3.53. The van der Waals surface area contributed by atoms with Gasteiger partial charge in [-0.2, -0.15) is 0 Å². The van der Waals surface area contributed by atoms with Crippen LogP contribution in [0.15, 0.2) is 48.5 Å². The van der Waals surface area contributed by atoms with E-state index in [0.29, 0.717) is 25.7 Å². The third-order valence-corrected chi connectivity index (χ3v) is 7.23. The highest BCUT2D eigenvalue weighted by molar-refractivity contribution is 5.93. The predicted octanol–water partition coefficient (Wildman–Crippen LogP) is 3.82. The van der Waals surface area contributed by atoms with Crippen molar-refractivity contribution in [2.45, 2.75) is 56.0 Å². The highest BCUT2D eigenvalue weighted by atomic mass is 16.5. The Labute approximate surface area is 192 Å². The first kappa shape index (κ1) is 21.5. The number of benzene rings is 2. The quantitative estimate of drug-likeness (QED) is 0.623. The van der Waals surface area contributed by atoms with Crippen LogP contribution in [0.1, 0.15) is 55.6 Å². The third-order valence-electron chi connectivity index (χ3n) is 7.23. The third kappa shape index (κ3) is 4.19. The molecule has 2 amide bonds. The summed E-state index contributed by atoms with van der Waals surface area (Å²) in [6.45, 7) is 0.195. The molecule has 3 N–H and O–H groups in total. The van der Waals surface area contributed by atoms with Crippen molar-refractivity contribution in [1.29, 1.82) is 0 Å². The largest absolute Gasteiger partial charge is 0.481 e. The summed E-state index contributed by atoms with van der Waals surface area (Å²) >= 11 is 0. The molecule has 0 radical (unpaired) electrons. The van der Waals surface area contributed by atoms with E-state index in [-0.39, 0.29) is 24.5 Å². The fraction of sp³-hybridized carbons (Fsp3) is 0.423. The monoisotopic (exact) mass is 448 g/mol. The van der Waals surface area contributed by atoms with Gasteiger partial charge in [0.05, 0.1) is 5.92 Å². The molecule has 7 nitrogen and oxygen atoms in total. The first-order valence-corrected chi connectivity index (χ1v) is 11.6. The molecule has 2 fully saturated rings. The van der Waals surface area contributed by atoms with E-state index in [4.69, 9.17) is 4.74 Å². The zero-order chi connectivity index (χ0) is 23.0. The van der Waals surface area contributed by atoms with E-state index in [9.17, 15) is 19.5 Å². The number of fused-ring (bicyclic) bond motifs is 3. The summed E-state index contributed by atoms with van der Waals surface area (Å²) in [5.74, 6) is -1.52. The van der Waals surface area contributed by atoms with E-state index in [1.54, 1.807) is 0 Å². The van der Waals surface area contributed by atoms with Crippen LogP contribution in [-0.2, 0) is 14.3 Å². The number of carbonyl (C=O) groups excluding carboxylic acids is 2. The van der Waals surface area contributed by atoms with Crippen molar-refractivity contribution in [2.75, 3.05) is 6.61 Å². The minimum Gasteiger partial charge on any atom is -0.481 e. The maximum atomic E-state index is 12.9. The SMILES string of the molecule is O=C(NC1(C(=O)NC2CCCC(C(=O)O)C2)CC1)OCC1c2ccccc2-c2ccccc21. The van der Waals surface area contributed by atoms with Gasteiger partial charge in [-0.1, -0.05) is 55.0 Å². The van der Waals surface area contributed by atoms with Crippen LogP contribution in [0, 0.1) is 5.92 Å². The Balaban J connectivity index is 1.19. The summed E-state index contributed by atoms with van der Waals surface area (Å²) < 4.78 is 5.60. The highest BCUT2D eigenvalue weighted by Crippen LogP contribution is 2.44. The molecule has 2 unspecified atom stereocenters. The first-order chi connectivity index (χ1) is 16.0. The number of hydrogen-bond donors (Lipinski definition) is 3. The number of ether oxygens (including phenoxy) is 1. The van der Waals surface area contributed by atoms with E-state index >= 15 is 0 Å². The van der Waals surface area contributed by atoms with E-state index < -0.39 is 23.5 Å². The van der Waals surface area contributed by atoms with Crippen molar-refractivity contribution in [2.24, 2.45) is 5.92 Å². The Morgan fingerprint density at radius 3 is 2.21 bits per heavy atom. The molecule has 0 bridgehead atoms. The first-order valence-electron chi connectivity index (χ1n) is 11.6. The molecule has 0 saturated heterocycles. The molecular formula is C26H28N2O5.